The summed E-state index contributed by atoms with van der Waals surface area (Å²) in [5, 5.41) is 11.7. The van der Waals surface area contributed by atoms with E-state index in [9.17, 15) is 14.0 Å². The largest absolute Gasteiger partial charge is 0.480 e. The lowest BCUT2D eigenvalue weighted by atomic mass is 10.1. The molecular formula is C12H15FN2O3. The highest BCUT2D eigenvalue weighted by atomic mass is 19.1. The highest BCUT2D eigenvalue weighted by Gasteiger charge is 2.17. The smallest absolute Gasteiger partial charge is 0.320 e. The van der Waals surface area contributed by atoms with Crippen molar-refractivity contribution in [3.05, 3.63) is 35.6 Å². The maximum atomic E-state index is 12.7. The van der Waals surface area contributed by atoms with Gasteiger partial charge in [-0.25, -0.2) is 4.39 Å². The third-order valence-electron chi connectivity index (χ3n) is 2.44. The SMILES string of the molecule is NC(=O)CCC(NCc1ccc(F)cc1)C(=O)O. The van der Waals surface area contributed by atoms with Gasteiger partial charge in [-0.05, 0) is 24.1 Å². The normalized spacial score (nSPS) is 12.1. The molecule has 0 aliphatic rings. The first-order chi connectivity index (χ1) is 8.49. The summed E-state index contributed by atoms with van der Waals surface area (Å²) in [7, 11) is 0. The summed E-state index contributed by atoms with van der Waals surface area (Å²) in [6.07, 6.45) is 0.138. The molecule has 0 fully saturated rings. The molecule has 1 aromatic rings. The predicted molar refractivity (Wildman–Crippen MR) is 63.1 cm³/mol. The number of nitrogens with one attached hydrogen (secondary N) is 1. The number of primary amides is 1. The Morgan fingerprint density at radius 2 is 1.94 bits per heavy atom. The van der Waals surface area contributed by atoms with Crippen LogP contribution in [0.1, 0.15) is 18.4 Å². The van der Waals surface area contributed by atoms with Gasteiger partial charge in [0.15, 0.2) is 0 Å². The number of carboxylic acids is 1. The molecule has 0 heterocycles. The van der Waals surface area contributed by atoms with E-state index in [0.29, 0.717) is 0 Å². The lowest BCUT2D eigenvalue weighted by Gasteiger charge is -2.13. The summed E-state index contributed by atoms with van der Waals surface area (Å²) >= 11 is 0. The van der Waals surface area contributed by atoms with Gasteiger partial charge in [-0.15, -0.1) is 0 Å². The van der Waals surface area contributed by atoms with E-state index in [2.05, 4.69) is 5.32 Å². The Morgan fingerprint density at radius 3 is 2.44 bits per heavy atom. The predicted octanol–water partition coefficient (Wildman–Crippen LogP) is 0.634. The molecule has 0 saturated heterocycles. The van der Waals surface area contributed by atoms with Crippen LogP contribution in [0, 0.1) is 5.82 Å². The highest BCUT2D eigenvalue weighted by molar-refractivity contribution is 5.77. The second-order valence-corrected chi connectivity index (χ2v) is 3.90. The van der Waals surface area contributed by atoms with Crippen molar-refractivity contribution in [1.29, 1.82) is 0 Å². The molecule has 0 saturated carbocycles. The van der Waals surface area contributed by atoms with Gasteiger partial charge in [-0.2, -0.15) is 0 Å². The van der Waals surface area contributed by atoms with Gasteiger partial charge in [-0.3, -0.25) is 9.59 Å². The van der Waals surface area contributed by atoms with E-state index in [0.717, 1.165) is 5.56 Å². The first-order valence-corrected chi connectivity index (χ1v) is 5.48. The van der Waals surface area contributed by atoms with Crippen LogP contribution in [0.25, 0.3) is 0 Å². The van der Waals surface area contributed by atoms with Gasteiger partial charge in [0.2, 0.25) is 5.91 Å². The van der Waals surface area contributed by atoms with Gasteiger partial charge in [0.25, 0.3) is 0 Å². The van der Waals surface area contributed by atoms with Crippen molar-refractivity contribution in [3.63, 3.8) is 0 Å². The number of carboxylic acid groups (broad SMARTS) is 1. The number of benzene rings is 1. The number of aliphatic carboxylic acids is 1. The van der Waals surface area contributed by atoms with Gasteiger partial charge in [-0.1, -0.05) is 12.1 Å². The van der Waals surface area contributed by atoms with Crippen LogP contribution in [0.4, 0.5) is 4.39 Å². The van der Waals surface area contributed by atoms with Crippen LogP contribution in [0.3, 0.4) is 0 Å². The van der Waals surface area contributed by atoms with Crippen LogP contribution in [0.2, 0.25) is 0 Å². The Hall–Kier alpha value is -1.95. The number of carbonyl (C=O) groups is 2. The van der Waals surface area contributed by atoms with Crippen molar-refractivity contribution in [3.8, 4) is 0 Å². The Kier molecular flexibility index (Phi) is 5.26. The number of carbonyl (C=O) groups excluding carboxylic acids is 1. The number of nitrogens with two attached hydrogens (primary N) is 1. The van der Waals surface area contributed by atoms with E-state index < -0.39 is 17.9 Å². The summed E-state index contributed by atoms with van der Waals surface area (Å²) < 4.78 is 12.7. The van der Waals surface area contributed by atoms with E-state index in [1.807, 2.05) is 0 Å². The van der Waals surface area contributed by atoms with E-state index in [-0.39, 0.29) is 25.2 Å². The summed E-state index contributed by atoms with van der Waals surface area (Å²) in [4.78, 5) is 21.5. The molecule has 1 rings (SSSR count). The quantitative estimate of drug-likeness (QED) is 0.665. The zero-order valence-corrected chi connectivity index (χ0v) is 9.73. The second-order valence-electron chi connectivity index (χ2n) is 3.90. The second kappa shape index (κ2) is 6.70. The third kappa shape index (κ3) is 4.92. The zero-order chi connectivity index (χ0) is 13.5. The fourth-order valence-electron chi connectivity index (χ4n) is 1.44. The molecule has 0 radical (unpaired) electrons. The van der Waals surface area contributed by atoms with Gasteiger partial charge in [0, 0.05) is 13.0 Å². The third-order valence-corrected chi connectivity index (χ3v) is 2.44. The van der Waals surface area contributed by atoms with E-state index in [4.69, 9.17) is 10.8 Å². The molecule has 0 aliphatic heterocycles. The molecule has 1 unspecified atom stereocenters. The maximum absolute atomic E-state index is 12.7. The van der Waals surface area contributed by atoms with Gasteiger partial charge < -0.3 is 16.2 Å². The monoisotopic (exact) mass is 254 g/mol. The molecule has 0 aromatic heterocycles. The molecule has 1 aromatic carbocycles. The van der Waals surface area contributed by atoms with Crippen molar-refractivity contribution in [2.45, 2.75) is 25.4 Å². The van der Waals surface area contributed by atoms with Crippen molar-refractivity contribution in [1.82, 2.24) is 5.32 Å². The molecule has 18 heavy (non-hydrogen) atoms. The molecule has 0 aliphatic carbocycles. The van der Waals surface area contributed by atoms with Crippen molar-refractivity contribution >= 4 is 11.9 Å². The lowest BCUT2D eigenvalue weighted by Crippen LogP contribution is -2.37. The Morgan fingerprint density at radius 1 is 1.33 bits per heavy atom. The number of amides is 1. The summed E-state index contributed by atoms with van der Waals surface area (Å²) in [5.41, 5.74) is 5.73. The first kappa shape index (κ1) is 14.1. The standard InChI is InChI=1S/C12H15FN2O3/c13-9-3-1-8(2-4-9)7-15-10(12(17)18)5-6-11(14)16/h1-4,10,15H,5-7H2,(H2,14,16)(H,17,18). The van der Waals surface area contributed by atoms with Crippen LogP contribution in [0.5, 0.6) is 0 Å². The molecule has 4 N–H and O–H groups in total. The molecule has 1 amide bonds. The average molecular weight is 254 g/mol. The first-order valence-electron chi connectivity index (χ1n) is 5.48. The minimum Gasteiger partial charge on any atom is -0.480 e. The fraction of sp³-hybridized carbons (Fsp3) is 0.333. The summed E-state index contributed by atoms with van der Waals surface area (Å²) in [5.74, 6) is -1.93. The molecule has 0 bridgehead atoms. The lowest BCUT2D eigenvalue weighted by molar-refractivity contribution is -0.139. The number of halogens is 1. The molecule has 0 spiro atoms. The zero-order valence-electron chi connectivity index (χ0n) is 9.73. The maximum Gasteiger partial charge on any atom is 0.320 e. The summed E-state index contributed by atoms with van der Waals surface area (Å²) in [6, 6.07) is 4.89. The van der Waals surface area contributed by atoms with Crippen LogP contribution < -0.4 is 11.1 Å². The molecular weight excluding hydrogens is 239 g/mol. The van der Waals surface area contributed by atoms with Crippen molar-refractivity contribution < 1.29 is 19.1 Å². The van der Waals surface area contributed by atoms with Gasteiger partial charge >= 0.3 is 5.97 Å². The Labute approximate surface area is 104 Å². The van der Waals surface area contributed by atoms with E-state index in [1.54, 1.807) is 12.1 Å². The summed E-state index contributed by atoms with van der Waals surface area (Å²) in [6.45, 7) is 0.288. The fourth-order valence-corrected chi connectivity index (χ4v) is 1.44. The van der Waals surface area contributed by atoms with Crippen LogP contribution in [-0.2, 0) is 16.1 Å². The molecule has 1 atom stereocenters. The van der Waals surface area contributed by atoms with E-state index in [1.165, 1.54) is 12.1 Å². The molecule has 6 heteroatoms. The van der Waals surface area contributed by atoms with Crippen molar-refractivity contribution in [2.75, 3.05) is 0 Å². The number of hydrogen-bond acceptors (Lipinski definition) is 3. The molecule has 98 valence electrons. The van der Waals surface area contributed by atoms with Crippen molar-refractivity contribution in [2.24, 2.45) is 5.73 Å². The van der Waals surface area contributed by atoms with Gasteiger partial charge in [0.1, 0.15) is 11.9 Å². The van der Waals surface area contributed by atoms with Crippen LogP contribution >= 0.6 is 0 Å². The van der Waals surface area contributed by atoms with Crippen LogP contribution in [0.15, 0.2) is 24.3 Å². The average Bonchev–Trinajstić information content (AvgIpc) is 2.30. The Bertz CT molecular complexity index is 420. The van der Waals surface area contributed by atoms with E-state index >= 15 is 0 Å². The van der Waals surface area contributed by atoms with Gasteiger partial charge in [0.05, 0.1) is 0 Å². The number of hydrogen-bond donors (Lipinski definition) is 3. The van der Waals surface area contributed by atoms with Crippen LogP contribution in [-0.4, -0.2) is 23.0 Å². The Balaban J connectivity index is 2.49. The molecule has 5 nitrogen and oxygen atoms in total. The topological polar surface area (TPSA) is 92.4 Å². The minimum atomic E-state index is -1.04. The number of rotatable bonds is 7. The minimum absolute atomic E-state index is 0.00733. The highest BCUT2D eigenvalue weighted by Crippen LogP contribution is 2.04.